The van der Waals surface area contributed by atoms with Crippen LogP contribution in [-0.2, 0) is 0 Å². The molecule has 0 saturated carbocycles. The van der Waals surface area contributed by atoms with E-state index in [1.807, 2.05) is 27.7 Å². The molecule has 174 valence electrons. The van der Waals surface area contributed by atoms with E-state index in [9.17, 15) is 14.6 Å². The Labute approximate surface area is 195 Å². The van der Waals surface area contributed by atoms with Gasteiger partial charge in [-0.2, -0.15) is 5.10 Å². The summed E-state index contributed by atoms with van der Waals surface area (Å²) in [5, 5.41) is 18.1. The number of hydrogen-bond donors (Lipinski definition) is 3. The number of carbonyl (C=O) groups excluding carboxylic acids is 2. The summed E-state index contributed by atoms with van der Waals surface area (Å²) >= 11 is 0. The first kappa shape index (κ1) is 24.3. The van der Waals surface area contributed by atoms with Crippen LogP contribution >= 0.6 is 0 Å². The number of carbonyl (C=O) groups is 2. The molecule has 0 fully saturated rings. The van der Waals surface area contributed by atoms with E-state index in [1.54, 1.807) is 56.6 Å². The molecule has 0 saturated heterocycles. The first-order valence-corrected chi connectivity index (χ1v) is 11.0. The number of amides is 2. The third-order valence-electron chi connectivity index (χ3n) is 5.92. The van der Waals surface area contributed by atoms with Crippen molar-refractivity contribution in [3.8, 4) is 5.75 Å². The molecule has 0 aromatic heterocycles. The van der Waals surface area contributed by atoms with Crippen LogP contribution in [-0.4, -0.2) is 48.3 Å². The Balaban J connectivity index is 2.00. The van der Waals surface area contributed by atoms with Gasteiger partial charge in [0, 0.05) is 16.7 Å². The van der Waals surface area contributed by atoms with Crippen LogP contribution in [0.15, 0.2) is 41.5 Å². The van der Waals surface area contributed by atoms with Crippen LogP contribution in [0.3, 0.4) is 0 Å². The van der Waals surface area contributed by atoms with Gasteiger partial charge in [0.15, 0.2) is 0 Å². The molecular formula is C24H31BN4O4. The van der Waals surface area contributed by atoms with Gasteiger partial charge in [0.05, 0.1) is 19.4 Å². The predicted molar refractivity (Wildman–Crippen MR) is 130 cm³/mol. The fraction of sp³-hybridized carbons (Fsp3) is 0.375. The summed E-state index contributed by atoms with van der Waals surface area (Å²) in [6.45, 7) is 9.88. The van der Waals surface area contributed by atoms with Gasteiger partial charge in [-0.05, 0) is 54.1 Å². The molecule has 0 spiro atoms. The summed E-state index contributed by atoms with van der Waals surface area (Å²) in [6.07, 6.45) is 2.22. The zero-order valence-electron chi connectivity index (χ0n) is 20.0. The van der Waals surface area contributed by atoms with E-state index in [0.29, 0.717) is 34.3 Å². The Morgan fingerprint density at radius 2 is 2.00 bits per heavy atom. The first-order valence-electron chi connectivity index (χ1n) is 11.0. The smallest absolute Gasteiger partial charge is 0.464 e. The molecule has 2 aromatic carbocycles. The molecule has 1 heterocycles. The summed E-state index contributed by atoms with van der Waals surface area (Å²) in [5.41, 5.74) is 5.31. The highest BCUT2D eigenvalue weighted by atomic mass is 16.5. The summed E-state index contributed by atoms with van der Waals surface area (Å²) < 4.78 is 5.34. The summed E-state index contributed by atoms with van der Waals surface area (Å²) in [5.74, 6) is -0.154. The monoisotopic (exact) mass is 450 g/mol. The van der Waals surface area contributed by atoms with Gasteiger partial charge in [0.1, 0.15) is 5.75 Å². The van der Waals surface area contributed by atoms with Crippen molar-refractivity contribution in [1.29, 1.82) is 0 Å². The van der Waals surface area contributed by atoms with Crippen LogP contribution in [0.1, 0.15) is 66.0 Å². The second-order valence-corrected chi connectivity index (χ2v) is 9.17. The normalized spacial score (nSPS) is 13.6. The van der Waals surface area contributed by atoms with Crippen LogP contribution in [0.4, 0.5) is 0 Å². The lowest BCUT2D eigenvalue weighted by Crippen LogP contribution is -2.56. The van der Waals surface area contributed by atoms with Crippen LogP contribution in [0.5, 0.6) is 5.75 Å². The lowest BCUT2D eigenvalue weighted by molar-refractivity contribution is 0.0284. The minimum atomic E-state index is -1.01. The molecule has 33 heavy (non-hydrogen) atoms. The van der Waals surface area contributed by atoms with Crippen LogP contribution < -0.4 is 21.0 Å². The molecule has 3 rings (SSSR count). The van der Waals surface area contributed by atoms with Crippen molar-refractivity contribution in [3.05, 3.63) is 58.7 Å². The zero-order chi connectivity index (χ0) is 24.3. The summed E-state index contributed by atoms with van der Waals surface area (Å²) in [4.78, 5) is 27.0. The number of hydrazine groups is 1. The van der Waals surface area contributed by atoms with Crippen molar-refractivity contribution < 1.29 is 19.3 Å². The molecule has 0 bridgehead atoms. The predicted octanol–water partition coefficient (Wildman–Crippen LogP) is 2.24. The maximum Gasteiger partial charge on any atom is 0.464 e. The molecule has 3 N–H and O–H groups in total. The van der Waals surface area contributed by atoms with Crippen LogP contribution in [0, 0.1) is 12.3 Å². The lowest BCUT2D eigenvalue weighted by atomic mass is 9.71. The lowest BCUT2D eigenvalue weighted by Gasteiger charge is -2.39. The fourth-order valence-electron chi connectivity index (χ4n) is 4.15. The highest BCUT2D eigenvalue weighted by Gasteiger charge is 2.35. The minimum absolute atomic E-state index is 0.277. The molecule has 1 unspecified atom stereocenters. The summed E-state index contributed by atoms with van der Waals surface area (Å²) in [6, 6.07) is 10.00. The van der Waals surface area contributed by atoms with Gasteiger partial charge in [-0.3, -0.25) is 15.0 Å². The van der Waals surface area contributed by atoms with Crippen LogP contribution in [0.2, 0.25) is 0 Å². The standard InChI is InChI=1S/C24H31BN4O4/c1-7-21(24(3,4)5)29(27-22(30)18-9-8-10-20(33-6)15(18)2)23(31)16-11-12-17-14-26-28-25(32)19(17)13-16/h8-14,21,28,32H,7H2,1-6H3,(H,27,30). The van der Waals surface area contributed by atoms with Gasteiger partial charge in [-0.25, -0.2) is 5.01 Å². The van der Waals surface area contributed by atoms with E-state index >= 15 is 0 Å². The highest BCUT2D eigenvalue weighted by molar-refractivity contribution is 6.65. The second-order valence-electron chi connectivity index (χ2n) is 9.17. The topological polar surface area (TPSA) is 103 Å². The molecule has 1 atom stereocenters. The number of nitrogens with one attached hydrogen (secondary N) is 2. The van der Waals surface area contributed by atoms with Gasteiger partial charge in [-0.1, -0.05) is 39.8 Å². The molecule has 0 aliphatic carbocycles. The van der Waals surface area contributed by atoms with Gasteiger partial charge in [0.25, 0.3) is 11.8 Å². The quantitative estimate of drug-likeness (QED) is 0.479. The number of benzene rings is 2. The molecule has 1 aliphatic heterocycles. The Morgan fingerprint density at radius 1 is 1.27 bits per heavy atom. The minimum Gasteiger partial charge on any atom is -0.496 e. The first-order chi connectivity index (χ1) is 15.6. The third kappa shape index (κ3) is 5.03. The van der Waals surface area contributed by atoms with Crippen molar-refractivity contribution in [1.82, 2.24) is 15.8 Å². The molecule has 2 aromatic rings. The van der Waals surface area contributed by atoms with Crippen molar-refractivity contribution in [2.45, 2.75) is 47.1 Å². The van der Waals surface area contributed by atoms with Crippen molar-refractivity contribution in [2.75, 3.05) is 7.11 Å². The highest BCUT2D eigenvalue weighted by Crippen LogP contribution is 2.28. The number of fused-ring (bicyclic) bond motifs is 1. The van der Waals surface area contributed by atoms with Gasteiger partial charge < -0.3 is 15.1 Å². The van der Waals surface area contributed by atoms with Gasteiger partial charge in [0.2, 0.25) is 0 Å². The number of methoxy groups -OCH3 is 1. The molecule has 8 nitrogen and oxygen atoms in total. The Bertz CT molecular complexity index is 1080. The van der Waals surface area contributed by atoms with E-state index in [2.05, 4.69) is 15.9 Å². The Hall–Kier alpha value is -3.33. The van der Waals surface area contributed by atoms with E-state index in [-0.39, 0.29) is 17.4 Å². The maximum absolute atomic E-state index is 13.7. The number of hydrogen-bond acceptors (Lipinski definition) is 6. The number of nitrogens with zero attached hydrogens (tertiary/aromatic N) is 2. The molecule has 2 amide bonds. The van der Waals surface area contributed by atoms with E-state index in [4.69, 9.17) is 4.74 Å². The van der Waals surface area contributed by atoms with Gasteiger partial charge in [-0.15, -0.1) is 0 Å². The average molecular weight is 450 g/mol. The number of hydrazone groups is 1. The fourth-order valence-corrected chi connectivity index (χ4v) is 4.15. The average Bonchev–Trinajstić information content (AvgIpc) is 2.77. The Kier molecular flexibility index (Phi) is 7.12. The molecular weight excluding hydrogens is 419 g/mol. The summed E-state index contributed by atoms with van der Waals surface area (Å²) in [7, 11) is 0.543. The second kappa shape index (κ2) is 9.66. The third-order valence-corrected chi connectivity index (χ3v) is 5.92. The van der Waals surface area contributed by atoms with Gasteiger partial charge >= 0.3 is 7.05 Å². The molecule has 0 radical (unpaired) electrons. The SMILES string of the molecule is CCC(N(NC(=O)c1cccc(OC)c1C)C(=O)c1ccc2c(c1)B(O)NN=C2)C(C)(C)C. The van der Waals surface area contributed by atoms with E-state index in [1.165, 1.54) is 5.01 Å². The van der Waals surface area contributed by atoms with E-state index in [0.717, 1.165) is 5.56 Å². The largest absolute Gasteiger partial charge is 0.496 e. The van der Waals surface area contributed by atoms with Crippen LogP contribution in [0.25, 0.3) is 0 Å². The zero-order valence-corrected chi connectivity index (χ0v) is 20.0. The van der Waals surface area contributed by atoms with E-state index < -0.39 is 13.0 Å². The Morgan fingerprint density at radius 3 is 2.64 bits per heavy atom. The van der Waals surface area contributed by atoms with Crippen molar-refractivity contribution >= 4 is 30.5 Å². The maximum atomic E-state index is 13.7. The number of rotatable bonds is 5. The van der Waals surface area contributed by atoms with Crippen molar-refractivity contribution in [2.24, 2.45) is 10.5 Å². The molecule has 1 aliphatic rings. The number of ether oxygens (including phenoxy) is 1. The molecule has 9 heteroatoms. The van der Waals surface area contributed by atoms with Crippen molar-refractivity contribution in [3.63, 3.8) is 0 Å².